The third-order valence-corrected chi connectivity index (χ3v) is 5.61. The SMILES string of the molecule is CCN1CCOC2(CCN(C(=O)c3cnc4ccccc4n3)CC2)CC1=O. The van der Waals surface area contributed by atoms with Crippen LogP contribution in [-0.2, 0) is 9.53 Å². The molecule has 7 nitrogen and oxygen atoms in total. The average molecular weight is 368 g/mol. The van der Waals surface area contributed by atoms with Gasteiger partial charge in [-0.25, -0.2) is 4.98 Å². The maximum Gasteiger partial charge on any atom is 0.274 e. The summed E-state index contributed by atoms with van der Waals surface area (Å²) in [6.07, 6.45) is 3.28. The molecule has 1 aromatic carbocycles. The van der Waals surface area contributed by atoms with Gasteiger partial charge in [0.05, 0.1) is 35.9 Å². The lowest BCUT2D eigenvalue weighted by molar-refractivity contribution is -0.134. The minimum Gasteiger partial charge on any atom is -0.372 e. The zero-order chi connectivity index (χ0) is 18.9. The Morgan fingerprint density at radius 3 is 2.67 bits per heavy atom. The molecule has 142 valence electrons. The molecule has 2 fully saturated rings. The zero-order valence-electron chi connectivity index (χ0n) is 15.6. The van der Waals surface area contributed by atoms with Gasteiger partial charge in [0.1, 0.15) is 5.69 Å². The summed E-state index contributed by atoms with van der Waals surface area (Å²) in [5, 5.41) is 0. The van der Waals surface area contributed by atoms with Gasteiger partial charge in [0, 0.05) is 26.2 Å². The summed E-state index contributed by atoms with van der Waals surface area (Å²) in [6.45, 7) is 5.03. The monoisotopic (exact) mass is 368 g/mol. The Morgan fingerprint density at radius 2 is 1.93 bits per heavy atom. The number of benzene rings is 1. The first-order valence-corrected chi connectivity index (χ1v) is 9.53. The van der Waals surface area contributed by atoms with Crippen molar-refractivity contribution in [3.8, 4) is 0 Å². The third kappa shape index (κ3) is 3.51. The van der Waals surface area contributed by atoms with Crippen molar-refractivity contribution in [2.75, 3.05) is 32.8 Å². The second kappa shape index (κ2) is 7.23. The number of aromatic nitrogens is 2. The molecule has 3 heterocycles. The number of likely N-dealkylation sites (N-methyl/N-ethyl adjacent to an activating group) is 1. The fourth-order valence-corrected chi connectivity index (χ4v) is 3.93. The zero-order valence-corrected chi connectivity index (χ0v) is 15.6. The molecule has 0 bridgehead atoms. The Morgan fingerprint density at radius 1 is 1.19 bits per heavy atom. The van der Waals surface area contributed by atoms with Crippen molar-refractivity contribution >= 4 is 22.8 Å². The minimum atomic E-state index is -0.438. The fourth-order valence-electron chi connectivity index (χ4n) is 3.93. The number of amides is 2. The summed E-state index contributed by atoms with van der Waals surface area (Å²) in [4.78, 5) is 37.7. The smallest absolute Gasteiger partial charge is 0.274 e. The molecule has 2 aliphatic heterocycles. The van der Waals surface area contributed by atoms with E-state index in [-0.39, 0.29) is 11.8 Å². The predicted octanol–water partition coefficient (Wildman–Crippen LogP) is 1.87. The van der Waals surface area contributed by atoms with Gasteiger partial charge >= 0.3 is 0 Å². The van der Waals surface area contributed by atoms with Crippen molar-refractivity contribution < 1.29 is 14.3 Å². The average Bonchev–Trinajstić information content (AvgIpc) is 2.85. The van der Waals surface area contributed by atoms with Crippen molar-refractivity contribution in [3.05, 3.63) is 36.2 Å². The Labute approximate surface area is 158 Å². The number of ether oxygens (including phenoxy) is 1. The molecule has 1 aromatic heterocycles. The number of hydrogen-bond donors (Lipinski definition) is 0. The van der Waals surface area contributed by atoms with E-state index < -0.39 is 5.60 Å². The van der Waals surface area contributed by atoms with E-state index in [0.29, 0.717) is 63.3 Å². The molecule has 2 saturated heterocycles. The maximum atomic E-state index is 12.9. The van der Waals surface area contributed by atoms with E-state index in [1.54, 1.807) is 11.1 Å². The number of fused-ring (bicyclic) bond motifs is 1. The lowest BCUT2D eigenvalue weighted by Crippen LogP contribution is -2.49. The van der Waals surface area contributed by atoms with E-state index in [0.717, 1.165) is 5.52 Å². The summed E-state index contributed by atoms with van der Waals surface area (Å²) in [7, 11) is 0. The number of nitrogens with zero attached hydrogens (tertiary/aromatic N) is 4. The van der Waals surface area contributed by atoms with E-state index in [1.165, 1.54) is 0 Å². The summed E-state index contributed by atoms with van der Waals surface area (Å²) < 4.78 is 6.10. The van der Waals surface area contributed by atoms with Gasteiger partial charge in [-0.1, -0.05) is 12.1 Å². The van der Waals surface area contributed by atoms with Crippen LogP contribution in [0, 0.1) is 0 Å². The first-order chi connectivity index (χ1) is 13.1. The normalized spacial score (nSPS) is 20.1. The van der Waals surface area contributed by atoms with Crippen LogP contribution in [0.4, 0.5) is 0 Å². The first-order valence-electron chi connectivity index (χ1n) is 9.53. The van der Waals surface area contributed by atoms with E-state index >= 15 is 0 Å². The van der Waals surface area contributed by atoms with Crippen LogP contribution in [0.5, 0.6) is 0 Å². The van der Waals surface area contributed by atoms with E-state index in [9.17, 15) is 9.59 Å². The van der Waals surface area contributed by atoms with Gasteiger partial charge in [0.25, 0.3) is 5.91 Å². The highest BCUT2D eigenvalue weighted by Crippen LogP contribution is 2.32. The highest BCUT2D eigenvalue weighted by Gasteiger charge is 2.41. The van der Waals surface area contributed by atoms with Crippen LogP contribution in [0.3, 0.4) is 0 Å². The van der Waals surface area contributed by atoms with Crippen LogP contribution >= 0.6 is 0 Å². The van der Waals surface area contributed by atoms with Gasteiger partial charge in [0.2, 0.25) is 5.91 Å². The molecule has 2 amide bonds. The molecule has 0 atom stereocenters. The van der Waals surface area contributed by atoms with Crippen molar-refractivity contribution in [1.82, 2.24) is 19.8 Å². The number of likely N-dealkylation sites (tertiary alicyclic amines) is 1. The van der Waals surface area contributed by atoms with Crippen molar-refractivity contribution in [1.29, 1.82) is 0 Å². The standard InChI is InChI=1S/C20H24N4O3/c1-2-23-11-12-27-20(13-18(23)25)7-9-24(10-8-20)19(26)17-14-21-15-5-3-4-6-16(15)22-17/h3-6,14H,2,7-13H2,1H3. The Bertz CT molecular complexity index is 861. The van der Waals surface area contributed by atoms with Crippen molar-refractivity contribution in [3.63, 3.8) is 0 Å². The largest absolute Gasteiger partial charge is 0.372 e. The second-order valence-corrected chi connectivity index (χ2v) is 7.22. The van der Waals surface area contributed by atoms with Gasteiger partial charge in [-0.15, -0.1) is 0 Å². The van der Waals surface area contributed by atoms with Crippen LogP contribution in [0.1, 0.15) is 36.7 Å². The number of para-hydroxylation sites is 2. The highest BCUT2D eigenvalue weighted by molar-refractivity contribution is 5.93. The first kappa shape index (κ1) is 17.9. The molecular formula is C20H24N4O3. The van der Waals surface area contributed by atoms with Crippen LogP contribution in [-0.4, -0.2) is 70.0 Å². The summed E-state index contributed by atoms with van der Waals surface area (Å²) in [5.41, 5.74) is 1.42. The van der Waals surface area contributed by atoms with E-state index in [1.807, 2.05) is 36.1 Å². The Balaban J connectivity index is 1.45. The summed E-state index contributed by atoms with van der Waals surface area (Å²) in [6, 6.07) is 7.52. The molecular weight excluding hydrogens is 344 g/mol. The molecule has 2 aliphatic rings. The molecule has 27 heavy (non-hydrogen) atoms. The summed E-state index contributed by atoms with van der Waals surface area (Å²) >= 11 is 0. The van der Waals surface area contributed by atoms with Gasteiger partial charge < -0.3 is 14.5 Å². The predicted molar refractivity (Wildman–Crippen MR) is 100 cm³/mol. The number of carbonyl (C=O) groups is 2. The van der Waals surface area contributed by atoms with Gasteiger partial charge in [-0.05, 0) is 31.9 Å². The lowest BCUT2D eigenvalue weighted by atomic mass is 9.87. The van der Waals surface area contributed by atoms with Crippen LogP contribution in [0.2, 0.25) is 0 Å². The lowest BCUT2D eigenvalue weighted by Gasteiger charge is -2.40. The third-order valence-electron chi connectivity index (χ3n) is 5.61. The van der Waals surface area contributed by atoms with Crippen LogP contribution in [0.15, 0.2) is 30.5 Å². The number of rotatable bonds is 2. The maximum absolute atomic E-state index is 12.9. The van der Waals surface area contributed by atoms with Crippen molar-refractivity contribution in [2.24, 2.45) is 0 Å². The van der Waals surface area contributed by atoms with Crippen LogP contribution in [0.25, 0.3) is 11.0 Å². The molecule has 7 heteroatoms. The van der Waals surface area contributed by atoms with Gasteiger partial charge in [-0.2, -0.15) is 0 Å². The Kier molecular flexibility index (Phi) is 4.78. The Hall–Kier alpha value is -2.54. The van der Waals surface area contributed by atoms with Crippen molar-refractivity contribution in [2.45, 2.75) is 31.8 Å². The molecule has 0 saturated carbocycles. The number of piperidine rings is 1. The topological polar surface area (TPSA) is 75.6 Å². The second-order valence-electron chi connectivity index (χ2n) is 7.22. The van der Waals surface area contributed by atoms with E-state index in [4.69, 9.17) is 4.74 Å². The molecule has 4 rings (SSSR count). The number of hydrogen-bond acceptors (Lipinski definition) is 5. The van der Waals surface area contributed by atoms with Crippen LogP contribution < -0.4 is 0 Å². The molecule has 2 aromatic rings. The molecule has 1 spiro atoms. The molecule has 0 unspecified atom stereocenters. The minimum absolute atomic E-state index is 0.113. The quantitative estimate of drug-likeness (QED) is 0.809. The van der Waals surface area contributed by atoms with E-state index in [2.05, 4.69) is 9.97 Å². The highest BCUT2D eigenvalue weighted by atomic mass is 16.5. The molecule has 0 radical (unpaired) electrons. The number of carbonyl (C=O) groups excluding carboxylic acids is 2. The van der Waals surface area contributed by atoms with Gasteiger partial charge in [-0.3, -0.25) is 14.6 Å². The fraction of sp³-hybridized carbons (Fsp3) is 0.500. The summed E-state index contributed by atoms with van der Waals surface area (Å²) in [5.74, 6) is 0.0356. The van der Waals surface area contributed by atoms with Gasteiger partial charge in [0.15, 0.2) is 0 Å². The molecule has 0 N–H and O–H groups in total. The molecule has 0 aliphatic carbocycles.